The molecule has 3 heterocycles. The molecule has 17 heavy (non-hydrogen) atoms. The normalized spacial score (nSPS) is 13.1. The van der Waals surface area contributed by atoms with E-state index in [1.165, 1.54) is 0 Å². The maximum absolute atomic E-state index is 5.87. The van der Waals surface area contributed by atoms with Gasteiger partial charge in [0.15, 0.2) is 11.5 Å². The fourth-order valence-corrected chi connectivity index (χ4v) is 1.81. The Bertz CT molecular complexity index is 644. The van der Waals surface area contributed by atoms with Crippen LogP contribution in [0.25, 0.3) is 5.65 Å². The summed E-state index contributed by atoms with van der Waals surface area (Å²) in [6, 6.07) is 5.28. The molecule has 1 atom stereocenters. The highest BCUT2D eigenvalue weighted by Gasteiger charge is 2.16. The average molecular weight is 249 g/mol. The first-order valence-electron chi connectivity index (χ1n) is 5.12. The molecule has 3 rings (SSSR count). The van der Waals surface area contributed by atoms with Crippen LogP contribution < -0.4 is 0 Å². The molecule has 3 aromatic heterocycles. The van der Waals surface area contributed by atoms with Crippen LogP contribution in [0.2, 0.25) is 5.15 Å². The summed E-state index contributed by atoms with van der Waals surface area (Å²) in [5.41, 5.74) is 0.670. The number of aromatic nitrogens is 6. The molecular formula is C10H9ClN6. The van der Waals surface area contributed by atoms with Crippen molar-refractivity contribution in [2.24, 2.45) is 0 Å². The Labute approximate surface area is 102 Å². The van der Waals surface area contributed by atoms with Crippen LogP contribution in [0.4, 0.5) is 0 Å². The van der Waals surface area contributed by atoms with Crippen LogP contribution in [0.1, 0.15) is 18.8 Å². The van der Waals surface area contributed by atoms with E-state index in [4.69, 9.17) is 11.6 Å². The topological polar surface area (TPSA) is 60.9 Å². The van der Waals surface area contributed by atoms with Crippen LogP contribution >= 0.6 is 11.6 Å². The minimum Gasteiger partial charge on any atom is -0.262 e. The van der Waals surface area contributed by atoms with Crippen LogP contribution in [0, 0.1) is 0 Å². The second-order valence-electron chi connectivity index (χ2n) is 3.65. The van der Waals surface area contributed by atoms with E-state index in [1.807, 2.05) is 19.2 Å². The van der Waals surface area contributed by atoms with Gasteiger partial charge in [0.2, 0.25) is 0 Å². The van der Waals surface area contributed by atoms with E-state index in [-0.39, 0.29) is 6.04 Å². The molecule has 86 valence electrons. The van der Waals surface area contributed by atoms with Crippen molar-refractivity contribution in [3.05, 3.63) is 41.6 Å². The highest BCUT2D eigenvalue weighted by molar-refractivity contribution is 6.29. The van der Waals surface area contributed by atoms with Gasteiger partial charge in [-0.15, -0.1) is 10.2 Å². The van der Waals surface area contributed by atoms with E-state index in [0.717, 1.165) is 0 Å². The van der Waals surface area contributed by atoms with Gasteiger partial charge in [0.25, 0.3) is 0 Å². The summed E-state index contributed by atoms with van der Waals surface area (Å²) in [6.45, 7) is 1.98. The van der Waals surface area contributed by atoms with Crippen LogP contribution in [-0.2, 0) is 0 Å². The second kappa shape index (κ2) is 3.81. The highest BCUT2D eigenvalue weighted by atomic mass is 35.5. The third-order valence-corrected chi connectivity index (χ3v) is 2.75. The largest absolute Gasteiger partial charge is 0.262 e. The summed E-state index contributed by atoms with van der Waals surface area (Å²) >= 11 is 5.87. The van der Waals surface area contributed by atoms with E-state index < -0.39 is 0 Å². The first kappa shape index (κ1) is 10.2. The van der Waals surface area contributed by atoms with Crippen molar-refractivity contribution in [2.45, 2.75) is 13.0 Å². The highest BCUT2D eigenvalue weighted by Crippen LogP contribution is 2.16. The SMILES string of the molecule is CC(c1nnc2ccc(Cl)nn12)n1cccn1. The van der Waals surface area contributed by atoms with E-state index in [1.54, 1.807) is 27.5 Å². The summed E-state index contributed by atoms with van der Waals surface area (Å²) in [5.74, 6) is 0.700. The zero-order valence-electron chi connectivity index (χ0n) is 9.03. The Hall–Kier alpha value is -1.95. The minimum absolute atomic E-state index is 0.0500. The van der Waals surface area contributed by atoms with Crippen LogP contribution in [0.5, 0.6) is 0 Å². The van der Waals surface area contributed by atoms with E-state index in [0.29, 0.717) is 16.6 Å². The molecule has 0 radical (unpaired) electrons. The smallest absolute Gasteiger partial charge is 0.179 e. The zero-order valence-corrected chi connectivity index (χ0v) is 9.78. The van der Waals surface area contributed by atoms with Gasteiger partial charge in [0.05, 0.1) is 0 Å². The van der Waals surface area contributed by atoms with Crippen molar-refractivity contribution < 1.29 is 0 Å². The van der Waals surface area contributed by atoms with Crippen LogP contribution in [0.15, 0.2) is 30.6 Å². The molecule has 0 aromatic carbocycles. The second-order valence-corrected chi connectivity index (χ2v) is 4.03. The molecule has 0 bridgehead atoms. The molecule has 3 aromatic rings. The van der Waals surface area contributed by atoms with Crippen molar-refractivity contribution in [3.8, 4) is 0 Å². The van der Waals surface area contributed by atoms with Crippen molar-refractivity contribution in [2.75, 3.05) is 0 Å². The van der Waals surface area contributed by atoms with Crippen LogP contribution in [0.3, 0.4) is 0 Å². The molecule has 0 aliphatic rings. The lowest BCUT2D eigenvalue weighted by Crippen LogP contribution is -2.12. The molecule has 0 fully saturated rings. The van der Waals surface area contributed by atoms with E-state index in [9.17, 15) is 0 Å². The number of hydrogen-bond donors (Lipinski definition) is 0. The quantitative estimate of drug-likeness (QED) is 0.691. The van der Waals surface area contributed by atoms with E-state index in [2.05, 4.69) is 20.4 Å². The third-order valence-electron chi connectivity index (χ3n) is 2.55. The van der Waals surface area contributed by atoms with Crippen LogP contribution in [-0.4, -0.2) is 29.6 Å². The van der Waals surface area contributed by atoms with Crippen molar-refractivity contribution in [3.63, 3.8) is 0 Å². The molecule has 0 saturated carbocycles. The molecule has 0 aliphatic carbocycles. The van der Waals surface area contributed by atoms with E-state index >= 15 is 0 Å². The summed E-state index contributed by atoms with van der Waals surface area (Å²) in [7, 11) is 0. The molecule has 0 aliphatic heterocycles. The van der Waals surface area contributed by atoms with Gasteiger partial charge in [-0.2, -0.15) is 14.7 Å². The standard InChI is InChI=1S/C10H9ClN6/c1-7(16-6-2-5-12-16)10-14-13-9-4-3-8(11)15-17(9)10/h2-7H,1H3. The lowest BCUT2D eigenvalue weighted by atomic mass is 10.3. The van der Waals surface area contributed by atoms with Crippen molar-refractivity contribution in [1.29, 1.82) is 0 Å². The first-order valence-corrected chi connectivity index (χ1v) is 5.50. The lowest BCUT2D eigenvalue weighted by molar-refractivity contribution is 0.523. The van der Waals surface area contributed by atoms with Gasteiger partial charge < -0.3 is 0 Å². The fraction of sp³-hybridized carbons (Fsp3) is 0.200. The molecule has 0 N–H and O–H groups in total. The number of hydrogen-bond acceptors (Lipinski definition) is 4. The number of nitrogens with zero attached hydrogens (tertiary/aromatic N) is 6. The average Bonchev–Trinajstić information content (AvgIpc) is 2.97. The summed E-state index contributed by atoms with van der Waals surface area (Å²) < 4.78 is 3.42. The Balaban J connectivity index is 2.14. The molecule has 0 amide bonds. The van der Waals surface area contributed by atoms with Gasteiger partial charge >= 0.3 is 0 Å². The molecule has 1 unspecified atom stereocenters. The van der Waals surface area contributed by atoms with Gasteiger partial charge in [-0.1, -0.05) is 11.6 Å². The molecule has 6 nitrogen and oxygen atoms in total. The Morgan fingerprint density at radius 1 is 1.29 bits per heavy atom. The van der Waals surface area contributed by atoms with Gasteiger partial charge in [0.1, 0.15) is 11.2 Å². The van der Waals surface area contributed by atoms with Gasteiger partial charge in [-0.3, -0.25) is 4.68 Å². The van der Waals surface area contributed by atoms with Crippen molar-refractivity contribution in [1.82, 2.24) is 29.6 Å². The van der Waals surface area contributed by atoms with Gasteiger partial charge in [0, 0.05) is 12.4 Å². The maximum atomic E-state index is 5.87. The number of fused-ring (bicyclic) bond motifs is 1. The monoisotopic (exact) mass is 248 g/mol. The maximum Gasteiger partial charge on any atom is 0.179 e. The zero-order chi connectivity index (χ0) is 11.8. The first-order chi connectivity index (χ1) is 8.25. The summed E-state index contributed by atoms with van der Waals surface area (Å²) in [5, 5.41) is 16.9. The number of rotatable bonds is 2. The fourth-order valence-electron chi connectivity index (χ4n) is 1.67. The molecular weight excluding hydrogens is 240 g/mol. The van der Waals surface area contributed by atoms with Crippen molar-refractivity contribution >= 4 is 17.2 Å². The molecule has 0 saturated heterocycles. The third kappa shape index (κ3) is 1.66. The van der Waals surface area contributed by atoms with Gasteiger partial charge in [-0.05, 0) is 25.1 Å². The molecule has 0 spiro atoms. The predicted molar refractivity (Wildman–Crippen MR) is 61.8 cm³/mol. The number of halogens is 1. The van der Waals surface area contributed by atoms with Gasteiger partial charge in [-0.25, -0.2) is 0 Å². The Morgan fingerprint density at radius 2 is 2.18 bits per heavy atom. The Kier molecular flexibility index (Phi) is 2.29. The minimum atomic E-state index is -0.0500. The lowest BCUT2D eigenvalue weighted by Gasteiger charge is -2.09. The Morgan fingerprint density at radius 3 is 2.94 bits per heavy atom. The summed E-state index contributed by atoms with van der Waals surface area (Å²) in [6.07, 6.45) is 3.59. The molecule has 7 heteroatoms. The summed E-state index contributed by atoms with van der Waals surface area (Å²) in [4.78, 5) is 0. The predicted octanol–water partition coefficient (Wildman–Crippen LogP) is 1.58.